The van der Waals surface area contributed by atoms with E-state index in [1.807, 2.05) is 0 Å². The summed E-state index contributed by atoms with van der Waals surface area (Å²) >= 11 is 5.11. The van der Waals surface area contributed by atoms with Crippen LogP contribution in [0, 0.1) is 5.75 Å². The third-order valence-corrected chi connectivity index (χ3v) is 1.52. The fourth-order valence-corrected chi connectivity index (χ4v) is 1.06. The Morgan fingerprint density at radius 2 is 2.56 bits per heavy atom. The SMILES string of the molecule is Nc1nc(C[CH]S)ns1. The van der Waals surface area contributed by atoms with E-state index in [0.29, 0.717) is 11.6 Å². The first-order valence-electron chi connectivity index (χ1n) is 2.37. The van der Waals surface area contributed by atoms with Gasteiger partial charge in [-0.1, -0.05) is 0 Å². The molecule has 0 aliphatic rings. The van der Waals surface area contributed by atoms with Gasteiger partial charge < -0.3 is 5.73 Å². The van der Waals surface area contributed by atoms with E-state index in [4.69, 9.17) is 5.73 Å². The summed E-state index contributed by atoms with van der Waals surface area (Å²) < 4.78 is 3.93. The van der Waals surface area contributed by atoms with E-state index in [1.165, 1.54) is 11.5 Å². The molecule has 0 unspecified atom stereocenters. The van der Waals surface area contributed by atoms with Crippen molar-refractivity contribution in [1.29, 1.82) is 0 Å². The second-order valence-corrected chi connectivity index (χ2v) is 2.58. The standard InChI is InChI=1S/C4H6N3S2/c5-4-6-3(1-2-8)7-9-4/h2,8H,1H2,(H2,5,6,7). The highest BCUT2D eigenvalue weighted by Gasteiger charge is 1.97. The smallest absolute Gasteiger partial charge is 0.199 e. The van der Waals surface area contributed by atoms with Crippen LogP contribution >= 0.6 is 24.2 Å². The van der Waals surface area contributed by atoms with Gasteiger partial charge in [-0.05, 0) is 0 Å². The molecule has 0 aliphatic carbocycles. The van der Waals surface area contributed by atoms with Crippen LogP contribution in [0.5, 0.6) is 0 Å². The lowest BCUT2D eigenvalue weighted by Crippen LogP contribution is -1.86. The summed E-state index contributed by atoms with van der Waals surface area (Å²) in [5, 5.41) is 0.514. The topological polar surface area (TPSA) is 51.8 Å². The molecule has 2 N–H and O–H groups in total. The second-order valence-electron chi connectivity index (χ2n) is 1.44. The van der Waals surface area contributed by atoms with Crippen molar-refractivity contribution >= 4 is 29.3 Å². The van der Waals surface area contributed by atoms with E-state index in [0.717, 1.165) is 5.82 Å². The molecule has 49 valence electrons. The van der Waals surface area contributed by atoms with Gasteiger partial charge in [-0.25, -0.2) is 4.98 Å². The number of anilines is 1. The average Bonchev–Trinajstić information content (AvgIpc) is 2.17. The Hall–Kier alpha value is -0.290. The molecule has 9 heavy (non-hydrogen) atoms. The molecular weight excluding hydrogens is 154 g/mol. The van der Waals surface area contributed by atoms with E-state index in [-0.39, 0.29) is 0 Å². The molecule has 0 bridgehead atoms. The number of hydrogen-bond acceptors (Lipinski definition) is 5. The highest BCUT2D eigenvalue weighted by molar-refractivity contribution is 7.82. The van der Waals surface area contributed by atoms with Crippen molar-refractivity contribution in [1.82, 2.24) is 9.36 Å². The maximum absolute atomic E-state index is 5.31. The average molecular weight is 160 g/mol. The predicted molar refractivity (Wildman–Crippen MR) is 41.3 cm³/mol. The first kappa shape index (κ1) is 6.82. The van der Waals surface area contributed by atoms with Crippen LogP contribution in [0.1, 0.15) is 5.82 Å². The Kier molecular flexibility index (Phi) is 2.29. The number of aromatic nitrogens is 2. The first-order chi connectivity index (χ1) is 4.33. The minimum atomic E-state index is 0.514. The highest BCUT2D eigenvalue weighted by Crippen LogP contribution is 2.07. The number of thiol groups is 1. The van der Waals surface area contributed by atoms with Crippen LogP contribution in [0.4, 0.5) is 5.13 Å². The zero-order valence-electron chi connectivity index (χ0n) is 4.61. The minimum absolute atomic E-state index is 0.514. The molecular formula is C4H6N3S2. The predicted octanol–water partition coefficient (Wildman–Crippen LogP) is 0.754. The Bertz CT molecular complexity index is 186. The maximum atomic E-state index is 5.31. The molecule has 0 aromatic carbocycles. The van der Waals surface area contributed by atoms with Crippen molar-refractivity contribution in [3.8, 4) is 0 Å². The monoisotopic (exact) mass is 160 g/mol. The summed E-state index contributed by atoms with van der Waals surface area (Å²) in [6.45, 7) is 0. The number of hydrogen-bond donors (Lipinski definition) is 2. The molecule has 0 fully saturated rings. The molecule has 1 heterocycles. The molecule has 1 radical (unpaired) electrons. The normalized spacial score (nSPS) is 9.89. The van der Waals surface area contributed by atoms with Crippen molar-refractivity contribution in [2.24, 2.45) is 0 Å². The number of rotatable bonds is 2. The fraction of sp³-hybridized carbons (Fsp3) is 0.250. The molecule has 1 rings (SSSR count). The van der Waals surface area contributed by atoms with Crippen molar-refractivity contribution in [2.75, 3.05) is 5.73 Å². The highest BCUT2D eigenvalue weighted by atomic mass is 32.1. The fourth-order valence-electron chi connectivity index (χ4n) is 0.432. The molecule has 0 atom stereocenters. The van der Waals surface area contributed by atoms with Gasteiger partial charge >= 0.3 is 0 Å². The van der Waals surface area contributed by atoms with Crippen LogP contribution in [0.15, 0.2) is 0 Å². The molecule has 1 aromatic rings. The molecule has 0 spiro atoms. The van der Waals surface area contributed by atoms with Gasteiger partial charge in [-0.2, -0.15) is 17.0 Å². The van der Waals surface area contributed by atoms with Crippen molar-refractivity contribution < 1.29 is 0 Å². The van der Waals surface area contributed by atoms with Crippen LogP contribution in [-0.4, -0.2) is 9.36 Å². The van der Waals surface area contributed by atoms with Crippen molar-refractivity contribution in [3.63, 3.8) is 0 Å². The van der Waals surface area contributed by atoms with Crippen LogP contribution in [-0.2, 0) is 6.42 Å². The van der Waals surface area contributed by atoms with E-state index in [9.17, 15) is 0 Å². The van der Waals surface area contributed by atoms with Crippen LogP contribution in [0.2, 0.25) is 0 Å². The molecule has 3 nitrogen and oxygen atoms in total. The van der Waals surface area contributed by atoms with Gasteiger partial charge in [-0.15, -0.1) is 0 Å². The van der Waals surface area contributed by atoms with Gasteiger partial charge in [-0.3, -0.25) is 0 Å². The van der Waals surface area contributed by atoms with Gasteiger partial charge in [0.1, 0.15) is 5.82 Å². The molecule has 0 aliphatic heterocycles. The Balaban J connectivity index is 2.61. The summed E-state index contributed by atoms with van der Waals surface area (Å²) in [7, 11) is 0. The van der Waals surface area contributed by atoms with E-state index in [2.05, 4.69) is 22.0 Å². The minimum Gasteiger partial charge on any atom is -0.374 e. The van der Waals surface area contributed by atoms with Gasteiger partial charge in [0, 0.05) is 23.7 Å². The van der Waals surface area contributed by atoms with Crippen molar-refractivity contribution in [2.45, 2.75) is 6.42 Å². The number of nitrogens with zero attached hydrogens (tertiary/aromatic N) is 2. The Morgan fingerprint density at radius 1 is 1.78 bits per heavy atom. The molecule has 0 saturated carbocycles. The summed E-state index contributed by atoms with van der Waals surface area (Å²) in [6.07, 6.45) is 0.677. The molecule has 1 aromatic heterocycles. The summed E-state index contributed by atoms with van der Waals surface area (Å²) in [4.78, 5) is 3.91. The lowest BCUT2D eigenvalue weighted by atomic mass is 10.5. The van der Waals surface area contributed by atoms with Crippen LogP contribution in [0.25, 0.3) is 0 Å². The van der Waals surface area contributed by atoms with Gasteiger partial charge in [0.05, 0.1) is 0 Å². The first-order valence-corrected chi connectivity index (χ1v) is 3.66. The second kappa shape index (κ2) is 3.03. The Morgan fingerprint density at radius 3 is 3.00 bits per heavy atom. The summed E-state index contributed by atoms with van der Waals surface area (Å²) in [5.41, 5.74) is 5.31. The Labute approximate surface area is 62.9 Å². The maximum Gasteiger partial charge on any atom is 0.199 e. The van der Waals surface area contributed by atoms with E-state index < -0.39 is 0 Å². The van der Waals surface area contributed by atoms with Crippen LogP contribution < -0.4 is 5.73 Å². The zero-order valence-corrected chi connectivity index (χ0v) is 6.32. The van der Waals surface area contributed by atoms with E-state index in [1.54, 1.807) is 5.75 Å². The van der Waals surface area contributed by atoms with E-state index >= 15 is 0 Å². The third-order valence-electron chi connectivity index (χ3n) is 0.758. The van der Waals surface area contributed by atoms with Gasteiger partial charge in [0.25, 0.3) is 0 Å². The summed E-state index contributed by atoms with van der Waals surface area (Å²) in [6, 6.07) is 0. The number of nitrogens with two attached hydrogens (primary N) is 1. The van der Waals surface area contributed by atoms with Gasteiger partial charge in [0.15, 0.2) is 5.13 Å². The largest absolute Gasteiger partial charge is 0.374 e. The lowest BCUT2D eigenvalue weighted by Gasteiger charge is -1.82. The molecule has 0 amide bonds. The summed E-state index contributed by atoms with van der Waals surface area (Å²) in [5.74, 6) is 2.44. The molecule has 0 saturated heterocycles. The number of nitrogen functional groups attached to an aromatic ring is 1. The lowest BCUT2D eigenvalue weighted by molar-refractivity contribution is 1.06. The van der Waals surface area contributed by atoms with Crippen molar-refractivity contribution in [3.05, 3.63) is 11.6 Å². The van der Waals surface area contributed by atoms with Gasteiger partial charge in [0.2, 0.25) is 0 Å². The van der Waals surface area contributed by atoms with Crippen LogP contribution in [0.3, 0.4) is 0 Å². The third kappa shape index (κ3) is 1.83. The molecule has 5 heteroatoms. The quantitative estimate of drug-likeness (QED) is 0.628. The zero-order chi connectivity index (χ0) is 6.69.